The largest absolute Gasteiger partial charge is 0.385 e. The van der Waals surface area contributed by atoms with Gasteiger partial charge in [-0.1, -0.05) is 11.6 Å². The van der Waals surface area contributed by atoms with Crippen LogP contribution in [0.1, 0.15) is 40.9 Å². The van der Waals surface area contributed by atoms with Gasteiger partial charge in [0.2, 0.25) is 0 Å². The fourth-order valence-corrected chi connectivity index (χ4v) is 2.94. The number of hydrogen-bond acceptors (Lipinski definition) is 4. The first-order valence-electron chi connectivity index (χ1n) is 8.52. The molecule has 0 radical (unpaired) electrons. The van der Waals surface area contributed by atoms with E-state index in [-0.39, 0.29) is 11.9 Å². The molecule has 0 aromatic carbocycles. The van der Waals surface area contributed by atoms with Crippen LogP contribution in [0.3, 0.4) is 0 Å². The first-order chi connectivity index (χ1) is 12.2. The molecule has 2 heterocycles. The molecule has 0 unspecified atom stereocenters. The average Bonchev–Trinajstić information content (AvgIpc) is 3.47. The summed E-state index contributed by atoms with van der Waals surface area (Å²) >= 11 is 6.34. The van der Waals surface area contributed by atoms with E-state index in [2.05, 4.69) is 9.97 Å². The zero-order chi connectivity index (χ0) is 17.6. The Morgan fingerprint density at radius 2 is 2.24 bits per heavy atom. The van der Waals surface area contributed by atoms with Crippen LogP contribution in [0.4, 0.5) is 0 Å². The van der Waals surface area contributed by atoms with Gasteiger partial charge in [-0.15, -0.1) is 0 Å². The van der Waals surface area contributed by atoms with Gasteiger partial charge in [0, 0.05) is 50.6 Å². The molecule has 0 N–H and O–H groups in total. The number of amides is 1. The molecule has 2 aromatic rings. The smallest absolute Gasteiger partial charge is 0.255 e. The summed E-state index contributed by atoms with van der Waals surface area (Å²) in [6.07, 6.45) is 8.78. The molecule has 0 atom stereocenters. The Balaban J connectivity index is 1.76. The summed E-state index contributed by atoms with van der Waals surface area (Å²) < 4.78 is 5.09. The van der Waals surface area contributed by atoms with E-state index in [0.717, 1.165) is 36.9 Å². The standard InChI is InChI=1S/C19H22ClN3O2/c1-25-9-3-5-16-10-15(18(20)12-22-16)13-23(17-6-7-17)19(24)14-4-2-8-21-11-14/h2,4,8,10-12,17H,3,5-7,9,13H2,1H3. The molecule has 25 heavy (non-hydrogen) atoms. The molecule has 132 valence electrons. The molecule has 2 aromatic heterocycles. The van der Waals surface area contributed by atoms with Gasteiger partial charge < -0.3 is 9.64 Å². The topological polar surface area (TPSA) is 55.3 Å². The van der Waals surface area contributed by atoms with Crippen LogP contribution >= 0.6 is 11.6 Å². The average molecular weight is 360 g/mol. The Labute approximate surface area is 153 Å². The molecule has 0 bridgehead atoms. The van der Waals surface area contributed by atoms with E-state index in [9.17, 15) is 4.79 Å². The van der Waals surface area contributed by atoms with Crippen LogP contribution in [-0.2, 0) is 17.7 Å². The molecule has 1 fully saturated rings. The van der Waals surface area contributed by atoms with E-state index in [1.165, 1.54) is 0 Å². The van der Waals surface area contributed by atoms with Crippen molar-refractivity contribution in [3.05, 3.63) is 58.6 Å². The highest BCUT2D eigenvalue weighted by atomic mass is 35.5. The van der Waals surface area contributed by atoms with E-state index in [0.29, 0.717) is 23.7 Å². The molecule has 1 saturated carbocycles. The van der Waals surface area contributed by atoms with Gasteiger partial charge in [-0.05, 0) is 49.4 Å². The van der Waals surface area contributed by atoms with Crippen molar-refractivity contribution in [2.75, 3.05) is 13.7 Å². The van der Waals surface area contributed by atoms with E-state index in [4.69, 9.17) is 16.3 Å². The van der Waals surface area contributed by atoms with Crippen LogP contribution in [-0.4, -0.2) is 40.5 Å². The van der Waals surface area contributed by atoms with Gasteiger partial charge in [-0.2, -0.15) is 0 Å². The number of aromatic nitrogens is 2. The number of aryl methyl sites for hydroxylation is 1. The number of carbonyl (C=O) groups excluding carboxylic acids is 1. The van der Waals surface area contributed by atoms with Gasteiger partial charge in [-0.3, -0.25) is 14.8 Å². The maximum Gasteiger partial charge on any atom is 0.255 e. The molecule has 1 aliphatic carbocycles. The van der Waals surface area contributed by atoms with Crippen molar-refractivity contribution < 1.29 is 9.53 Å². The lowest BCUT2D eigenvalue weighted by atomic mass is 10.1. The monoisotopic (exact) mass is 359 g/mol. The second-order valence-corrected chi connectivity index (χ2v) is 6.68. The van der Waals surface area contributed by atoms with Crippen LogP contribution in [0.25, 0.3) is 0 Å². The van der Waals surface area contributed by atoms with Gasteiger partial charge in [0.1, 0.15) is 0 Å². The number of ether oxygens (including phenoxy) is 1. The Morgan fingerprint density at radius 1 is 1.40 bits per heavy atom. The number of nitrogens with zero attached hydrogens (tertiary/aromatic N) is 3. The summed E-state index contributed by atoms with van der Waals surface area (Å²) in [6, 6.07) is 5.87. The fourth-order valence-electron chi connectivity index (χ4n) is 2.78. The van der Waals surface area contributed by atoms with Gasteiger partial charge >= 0.3 is 0 Å². The third-order valence-electron chi connectivity index (χ3n) is 4.27. The van der Waals surface area contributed by atoms with Crippen LogP contribution < -0.4 is 0 Å². The predicted octanol–water partition coefficient (Wildman–Crippen LogP) is 3.51. The van der Waals surface area contributed by atoms with Crippen molar-refractivity contribution in [1.82, 2.24) is 14.9 Å². The van der Waals surface area contributed by atoms with Gasteiger partial charge in [0.15, 0.2) is 0 Å². The Kier molecular flexibility index (Phi) is 6.00. The van der Waals surface area contributed by atoms with Crippen molar-refractivity contribution in [3.8, 4) is 0 Å². The number of hydrogen-bond donors (Lipinski definition) is 0. The Bertz CT molecular complexity index is 720. The minimum atomic E-state index is 0.00409. The first kappa shape index (κ1) is 17.8. The summed E-state index contributed by atoms with van der Waals surface area (Å²) in [4.78, 5) is 23.2. The fraction of sp³-hybridized carbons (Fsp3) is 0.421. The van der Waals surface area contributed by atoms with Crippen LogP contribution in [0.5, 0.6) is 0 Å². The minimum Gasteiger partial charge on any atom is -0.385 e. The summed E-state index contributed by atoms with van der Waals surface area (Å²) in [5.41, 5.74) is 2.52. The molecule has 1 aliphatic rings. The van der Waals surface area contributed by atoms with Crippen molar-refractivity contribution >= 4 is 17.5 Å². The zero-order valence-electron chi connectivity index (χ0n) is 14.3. The third-order valence-corrected chi connectivity index (χ3v) is 4.61. The zero-order valence-corrected chi connectivity index (χ0v) is 15.1. The highest BCUT2D eigenvalue weighted by molar-refractivity contribution is 6.31. The number of rotatable bonds is 8. The summed E-state index contributed by atoms with van der Waals surface area (Å²) in [6.45, 7) is 1.20. The quantitative estimate of drug-likeness (QED) is 0.677. The SMILES string of the molecule is COCCCc1cc(CN(C(=O)c2cccnc2)C2CC2)c(Cl)cn1. The molecule has 5 nitrogen and oxygen atoms in total. The lowest BCUT2D eigenvalue weighted by molar-refractivity contribution is 0.0729. The Morgan fingerprint density at radius 3 is 2.92 bits per heavy atom. The van der Waals surface area contributed by atoms with E-state index in [1.807, 2.05) is 11.0 Å². The Hall–Kier alpha value is -1.98. The number of carbonyl (C=O) groups is 1. The van der Waals surface area contributed by atoms with Gasteiger partial charge in [-0.25, -0.2) is 0 Å². The number of pyridine rings is 2. The highest BCUT2D eigenvalue weighted by Crippen LogP contribution is 2.31. The molecule has 0 aliphatic heterocycles. The minimum absolute atomic E-state index is 0.00409. The van der Waals surface area contributed by atoms with Crippen molar-refractivity contribution in [3.63, 3.8) is 0 Å². The van der Waals surface area contributed by atoms with E-state index < -0.39 is 0 Å². The lowest BCUT2D eigenvalue weighted by Crippen LogP contribution is -2.32. The van der Waals surface area contributed by atoms with E-state index in [1.54, 1.807) is 37.8 Å². The third kappa shape index (κ3) is 4.77. The first-order valence-corrected chi connectivity index (χ1v) is 8.90. The highest BCUT2D eigenvalue weighted by Gasteiger charge is 2.33. The molecule has 1 amide bonds. The van der Waals surface area contributed by atoms with Crippen molar-refractivity contribution in [2.45, 2.75) is 38.3 Å². The molecule has 6 heteroatoms. The maximum atomic E-state index is 12.8. The molecule has 3 rings (SSSR count). The van der Waals surface area contributed by atoms with Crippen LogP contribution in [0.15, 0.2) is 36.8 Å². The summed E-state index contributed by atoms with van der Waals surface area (Å²) in [5.74, 6) is 0.00409. The summed E-state index contributed by atoms with van der Waals surface area (Å²) in [7, 11) is 1.69. The van der Waals surface area contributed by atoms with Gasteiger partial charge in [0.05, 0.1) is 10.6 Å². The number of halogens is 1. The number of methoxy groups -OCH3 is 1. The van der Waals surface area contributed by atoms with Gasteiger partial charge in [0.25, 0.3) is 5.91 Å². The normalized spacial score (nSPS) is 13.7. The molecular weight excluding hydrogens is 338 g/mol. The summed E-state index contributed by atoms with van der Waals surface area (Å²) in [5, 5.41) is 0.597. The second kappa shape index (κ2) is 8.41. The van der Waals surface area contributed by atoms with Crippen LogP contribution in [0, 0.1) is 0 Å². The van der Waals surface area contributed by atoms with E-state index >= 15 is 0 Å². The lowest BCUT2D eigenvalue weighted by Gasteiger charge is -2.23. The molecular formula is C19H22ClN3O2. The van der Waals surface area contributed by atoms with Crippen molar-refractivity contribution in [2.24, 2.45) is 0 Å². The van der Waals surface area contributed by atoms with Crippen LogP contribution in [0.2, 0.25) is 5.02 Å². The second-order valence-electron chi connectivity index (χ2n) is 6.27. The molecule has 0 spiro atoms. The maximum absolute atomic E-state index is 12.8. The van der Waals surface area contributed by atoms with Crippen molar-refractivity contribution in [1.29, 1.82) is 0 Å². The predicted molar refractivity (Wildman–Crippen MR) is 96.6 cm³/mol. The molecule has 0 saturated heterocycles.